The van der Waals surface area contributed by atoms with Gasteiger partial charge in [-0.05, 0) is 0 Å². The molecule has 116 valence electrons. The highest BCUT2D eigenvalue weighted by Gasteiger charge is 2.42. The predicted octanol–water partition coefficient (Wildman–Crippen LogP) is -0.510. The summed E-state index contributed by atoms with van der Waals surface area (Å²) >= 11 is 0. The number of hydrogen-bond donors (Lipinski definition) is 2. The SMILES string of the molecule is NCCOCCNC(=O)CCC(=O)OC(=O)C(F)(F)F. The summed E-state index contributed by atoms with van der Waals surface area (Å²) in [7, 11) is 0. The summed E-state index contributed by atoms with van der Waals surface area (Å²) in [6.45, 7) is 1.07. The Balaban J connectivity index is 3.74. The average molecular weight is 300 g/mol. The summed E-state index contributed by atoms with van der Waals surface area (Å²) in [6, 6.07) is 0. The summed E-state index contributed by atoms with van der Waals surface area (Å²) < 4.78 is 43.7. The molecule has 20 heavy (non-hydrogen) atoms. The van der Waals surface area contributed by atoms with Crippen molar-refractivity contribution in [3.8, 4) is 0 Å². The maximum atomic E-state index is 11.7. The van der Waals surface area contributed by atoms with Crippen molar-refractivity contribution in [2.24, 2.45) is 5.73 Å². The van der Waals surface area contributed by atoms with E-state index in [9.17, 15) is 27.6 Å². The zero-order valence-corrected chi connectivity index (χ0v) is 10.5. The van der Waals surface area contributed by atoms with Crippen molar-refractivity contribution in [1.82, 2.24) is 5.32 Å². The fraction of sp³-hybridized carbons (Fsp3) is 0.700. The number of hydrogen-bond acceptors (Lipinski definition) is 6. The molecule has 0 aromatic heterocycles. The first kappa shape index (κ1) is 18.3. The average Bonchev–Trinajstić information content (AvgIpc) is 2.35. The largest absolute Gasteiger partial charge is 0.491 e. The van der Waals surface area contributed by atoms with E-state index in [0.717, 1.165) is 0 Å². The van der Waals surface area contributed by atoms with E-state index in [0.29, 0.717) is 13.2 Å². The molecule has 0 rings (SSSR count). The van der Waals surface area contributed by atoms with Crippen molar-refractivity contribution in [3.05, 3.63) is 0 Å². The number of alkyl halides is 3. The maximum absolute atomic E-state index is 11.7. The standard InChI is InChI=1S/C10H15F3N2O5/c11-10(12,13)9(18)20-8(17)2-1-7(16)15-4-6-19-5-3-14/h1-6,14H2,(H,15,16). The molecule has 0 unspecified atom stereocenters. The molecule has 10 heteroatoms. The van der Waals surface area contributed by atoms with Crippen molar-refractivity contribution < 1.29 is 37.0 Å². The monoisotopic (exact) mass is 300 g/mol. The van der Waals surface area contributed by atoms with Crippen molar-refractivity contribution >= 4 is 17.8 Å². The Kier molecular flexibility index (Phi) is 8.48. The zero-order chi connectivity index (χ0) is 15.6. The fourth-order valence-electron chi connectivity index (χ4n) is 0.964. The number of nitrogens with two attached hydrogens (primary N) is 1. The minimum absolute atomic E-state index is 0.176. The van der Waals surface area contributed by atoms with Crippen LogP contribution in [-0.2, 0) is 23.9 Å². The van der Waals surface area contributed by atoms with Crippen LogP contribution in [0, 0.1) is 0 Å². The molecule has 0 radical (unpaired) electrons. The number of esters is 2. The molecule has 0 aliphatic heterocycles. The zero-order valence-electron chi connectivity index (χ0n) is 10.5. The Morgan fingerprint density at radius 3 is 2.30 bits per heavy atom. The van der Waals surface area contributed by atoms with E-state index < -0.39 is 30.4 Å². The Hall–Kier alpha value is -1.68. The third-order valence-electron chi connectivity index (χ3n) is 1.82. The normalized spacial score (nSPS) is 11.0. The van der Waals surface area contributed by atoms with Gasteiger partial charge in [-0.2, -0.15) is 13.2 Å². The van der Waals surface area contributed by atoms with Crippen molar-refractivity contribution in [2.75, 3.05) is 26.3 Å². The summed E-state index contributed by atoms with van der Waals surface area (Å²) in [4.78, 5) is 32.3. The van der Waals surface area contributed by atoms with E-state index in [1.165, 1.54) is 0 Å². The molecule has 3 N–H and O–H groups in total. The first-order valence-electron chi connectivity index (χ1n) is 5.63. The van der Waals surface area contributed by atoms with E-state index in [2.05, 4.69) is 10.1 Å². The van der Waals surface area contributed by atoms with Crippen LogP contribution in [0.15, 0.2) is 0 Å². The molecule has 0 bridgehead atoms. The summed E-state index contributed by atoms with van der Waals surface area (Å²) in [5.74, 6) is -4.59. The number of halogens is 3. The van der Waals surface area contributed by atoms with E-state index in [-0.39, 0.29) is 19.6 Å². The van der Waals surface area contributed by atoms with E-state index in [1.807, 2.05) is 0 Å². The molecule has 0 aliphatic carbocycles. The molecule has 0 saturated carbocycles. The number of ether oxygens (including phenoxy) is 2. The van der Waals surface area contributed by atoms with Crippen LogP contribution in [0.4, 0.5) is 13.2 Å². The Morgan fingerprint density at radius 2 is 1.75 bits per heavy atom. The van der Waals surface area contributed by atoms with Gasteiger partial charge in [-0.25, -0.2) is 4.79 Å². The number of carbonyl (C=O) groups excluding carboxylic acids is 3. The second-order valence-electron chi connectivity index (χ2n) is 3.51. The number of rotatable bonds is 8. The second kappa shape index (κ2) is 9.26. The van der Waals surface area contributed by atoms with Gasteiger partial charge in [0.05, 0.1) is 19.6 Å². The lowest BCUT2D eigenvalue weighted by molar-refractivity contribution is -0.201. The summed E-state index contributed by atoms with van der Waals surface area (Å²) in [5.41, 5.74) is 5.15. The number of amides is 1. The minimum atomic E-state index is -5.24. The van der Waals surface area contributed by atoms with Gasteiger partial charge in [0, 0.05) is 19.5 Å². The molecule has 0 aliphatic rings. The Labute approximate surface area is 112 Å². The van der Waals surface area contributed by atoms with Crippen LogP contribution in [0.2, 0.25) is 0 Å². The van der Waals surface area contributed by atoms with Crippen molar-refractivity contribution in [2.45, 2.75) is 19.0 Å². The molecule has 0 spiro atoms. The lowest BCUT2D eigenvalue weighted by Crippen LogP contribution is -2.30. The first-order valence-corrected chi connectivity index (χ1v) is 5.63. The molecule has 1 amide bonds. The van der Waals surface area contributed by atoms with Gasteiger partial charge in [0.2, 0.25) is 5.91 Å². The van der Waals surface area contributed by atoms with Crippen molar-refractivity contribution in [3.63, 3.8) is 0 Å². The van der Waals surface area contributed by atoms with Crippen LogP contribution in [0.3, 0.4) is 0 Å². The highest BCUT2D eigenvalue weighted by atomic mass is 19.4. The highest BCUT2D eigenvalue weighted by Crippen LogP contribution is 2.16. The van der Waals surface area contributed by atoms with Gasteiger partial charge in [0.1, 0.15) is 0 Å². The quantitative estimate of drug-likeness (QED) is 0.355. The van der Waals surface area contributed by atoms with E-state index >= 15 is 0 Å². The summed E-state index contributed by atoms with van der Waals surface area (Å²) in [5, 5.41) is 2.36. The van der Waals surface area contributed by atoms with Gasteiger partial charge >= 0.3 is 18.1 Å². The van der Waals surface area contributed by atoms with Crippen LogP contribution < -0.4 is 11.1 Å². The Bertz CT molecular complexity index is 346. The lowest BCUT2D eigenvalue weighted by Gasteiger charge is -2.06. The van der Waals surface area contributed by atoms with Gasteiger partial charge in [-0.1, -0.05) is 0 Å². The maximum Gasteiger partial charge on any atom is 0.491 e. The number of carbonyl (C=O) groups is 3. The topological polar surface area (TPSA) is 108 Å². The van der Waals surface area contributed by atoms with E-state index in [1.54, 1.807) is 0 Å². The van der Waals surface area contributed by atoms with Gasteiger partial charge in [0.25, 0.3) is 0 Å². The van der Waals surface area contributed by atoms with Crippen molar-refractivity contribution in [1.29, 1.82) is 0 Å². The first-order chi connectivity index (χ1) is 9.27. The van der Waals surface area contributed by atoms with Gasteiger partial charge in [-0.15, -0.1) is 0 Å². The smallest absolute Gasteiger partial charge is 0.386 e. The third-order valence-corrected chi connectivity index (χ3v) is 1.82. The van der Waals surface area contributed by atoms with Crippen LogP contribution >= 0.6 is 0 Å². The molecule has 0 aromatic rings. The Morgan fingerprint density at radius 1 is 1.10 bits per heavy atom. The van der Waals surface area contributed by atoms with Crippen LogP contribution in [0.1, 0.15) is 12.8 Å². The van der Waals surface area contributed by atoms with Crippen LogP contribution in [-0.4, -0.2) is 50.3 Å². The van der Waals surface area contributed by atoms with E-state index in [4.69, 9.17) is 10.5 Å². The van der Waals surface area contributed by atoms with Gasteiger partial charge < -0.3 is 20.5 Å². The third kappa shape index (κ3) is 9.28. The van der Waals surface area contributed by atoms with Gasteiger partial charge in [-0.3, -0.25) is 9.59 Å². The fourth-order valence-corrected chi connectivity index (χ4v) is 0.964. The van der Waals surface area contributed by atoms with Crippen LogP contribution in [0.5, 0.6) is 0 Å². The number of nitrogens with one attached hydrogen (secondary N) is 1. The molecule has 0 fully saturated rings. The molecule has 7 nitrogen and oxygen atoms in total. The van der Waals surface area contributed by atoms with Crippen LogP contribution in [0.25, 0.3) is 0 Å². The highest BCUT2D eigenvalue weighted by molar-refractivity contribution is 5.90. The predicted molar refractivity (Wildman–Crippen MR) is 59.3 cm³/mol. The summed E-state index contributed by atoms with van der Waals surface area (Å²) in [6.07, 6.45) is -6.25. The molecular weight excluding hydrogens is 285 g/mol. The molecule has 0 saturated heterocycles. The lowest BCUT2D eigenvalue weighted by atomic mass is 10.3. The van der Waals surface area contributed by atoms with Gasteiger partial charge in [0.15, 0.2) is 0 Å². The molecular formula is C10H15F3N2O5. The minimum Gasteiger partial charge on any atom is -0.386 e. The molecule has 0 atom stereocenters. The molecule has 0 aromatic carbocycles. The second-order valence-corrected chi connectivity index (χ2v) is 3.51. The molecule has 0 heterocycles.